The summed E-state index contributed by atoms with van der Waals surface area (Å²) in [4.78, 5) is 12.2. The Morgan fingerprint density at radius 2 is 2.07 bits per heavy atom. The summed E-state index contributed by atoms with van der Waals surface area (Å²) in [7, 11) is 1.56. The molecule has 2 aromatic rings. The number of benzene rings is 2. The number of hydrogen-bond acceptors (Lipinski definition) is 5. The van der Waals surface area contributed by atoms with Gasteiger partial charge in [0.2, 0.25) is 0 Å². The smallest absolute Gasteiger partial charge is 0.280 e. The molecular formula is C20H22BrClN2O4. The predicted molar refractivity (Wildman–Crippen MR) is 114 cm³/mol. The molecule has 0 unspecified atom stereocenters. The largest absolute Gasteiger partial charge is 0.493 e. The Hall–Kier alpha value is -2.25. The lowest BCUT2D eigenvalue weighted by molar-refractivity contribution is -0.127. The third kappa shape index (κ3) is 5.87. The highest BCUT2D eigenvalue weighted by molar-refractivity contribution is 9.10. The molecule has 0 fully saturated rings. The van der Waals surface area contributed by atoms with Crippen LogP contribution in [0.4, 0.5) is 0 Å². The Labute approximate surface area is 177 Å². The van der Waals surface area contributed by atoms with Gasteiger partial charge in [-0.3, -0.25) is 4.79 Å². The fraction of sp³-hybridized carbons (Fsp3) is 0.300. The molecule has 0 saturated carbocycles. The summed E-state index contributed by atoms with van der Waals surface area (Å²) in [5, 5.41) is 4.60. The Balaban J connectivity index is 2.01. The molecule has 1 atom stereocenters. The minimum atomic E-state index is -0.723. The second-order valence-corrected chi connectivity index (χ2v) is 7.16. The summed E-state index contributed by atoms with van der Waals surface area (Å²) >= 11 is 9.38. The topological polar surface area (TPSA) is 69.2 Å². The molecule has 6 nitrogen and oxygen atoms in total. The van der Waals surface area contributed by atoms with E-state index in [0.29, 0.717) is 28.9 Å². The van der Waals surface area contributed by atoms with Gasteiger partial charge in [0.05, 0.1) is 24.4 Å². The average molecular weight is 470 g/mol. The van der Waals surface area contributed by atoms with Crippen LogP contribution in [0.1, 0.15) is 25.0 Å². The molecule has 0 radical (unpaired) electrons. The summed E-state index contributed by atoms with van der Waals surface area (Å²) < 4.78 is 17.3. The molecule has 0 saturated heterocycles. The summed E-state index contributed by atoms with van der Waals surface area (Å²) in [6.07, 6.45) is 0.792. The molecule has 0 aliphatic carbocycles. The van der Waals surface area contributed by atoms with E-state index >= 15 is 0 Å². The third-order valence-corrected chi connectivity index (χ3v) is 4.56. The number of rotatable bonds is 8. The Kier molecular flexibility index (Phi) is 8.14. The monoisotopic (exact) mass is 468 g/mol. The van der Waals surface area contributed by atoms with Crippen LogP contribution in [0.2, 0.25) is 5.02 Å². The number of nitrogens with zero attached hydrogens (tertiary/aromatic N) is 1. The molecule has 1 N–H and O–H groups in total. The zero-order valence-electron chi connectivity index (χ0n) is 16.1. The number of nitrogens with one attached hydrogen (secondary N) is 1. The first-order valence-electron chi connectivity index (χ1n) is 8.61. The molecule has 150 valence electrons. The van der Waals surface area contributed by atoms with E-state index in [1.807, 2.05) is 19.9 Å². The van der Waals surface area contributed by atoms with Crippen molar-refractivity contribution in [3.05, 3.63) is 51.0 Å². The van der Waals surface area contributed by atoms with E-state index in [-0.39, 0.29) is 5.91 Å². The number of hydrogen-bond donors (Lipinski definition) is 1. The molecule has 0 heterocycles. The van der Waals surface area contributed by atoms with Crippen molar-refractivity contribution in [3.63, 3.8) is 0 Å². The molecule has 0 aliphatic rings. The first-order valence-corrected chi connectivity index (χ1v) is 9.78. The summed E-state index contributed by atoms with van der Waals surface area (Å²) in [6.45, 7) is 5.92. The summed E-state index contributed by atoms with van der Waals surface area (Å²) in [6, 6.07) is 8.80. The van der Waals surface area contributed by atoms with E-state index in [4.69, 9.17) is 25.8 Å². The van der Waals surface area contributed by atoms with Crippen LogP contribution in [0.15, 0.2) is 39.9 Å². The maximum Gasteiger partial charge on any atom is 0.280 e. The van der Waals surface area contributed by atoms with E-state index in [1.54, 1.807) is 38.3 Å². The number of amides is 1. The van der Waals surface area contributed by atoms with Crippen LogP contribution in [0.3, 0.4) is 0 Å². The van der Waals surface area contributed by atoms with Gasteiger partial charge in [-0.25, -0.2) is 5.43 Å². The minimum Gasteiger partial charge on any atom is -0.493 e. The first-order chi connectivity index (χ1) is 13.3. The molecular weight excluding hydrogens is 448 g/mol. The zero-order chi connectivity index (χ0) is 20.7. The van der Waals surface area contributed by atoms with Gasteiger partial charge < -0.3 is 14.2 Å². The second-order valence-electron chi connectivity index (χ2n) is 5.87. The highest BCUT2D eigenvalue weighted by atomic mass is 79.9. The molecule has 8 heteroatoms. The van der Waals surface area contributed by atoms with E-state index in [1.165, 1.54) is 6.21 Å². The highest BCUT2D eigenvalue weighted by Crippen LogP contribution is 2.36. The maximum atomic E-state index is 12.2. The normalized spacial score (nSPS) is 11.9. The van der Waals surface area contributed by atoms with Crippen LogP contribution < -0.4 is 19.6 Å². The predicted octanol–water partition coefficient (Wildman–Crippen LogP) is 4.74. The second kappa shape index (κ2) is 10.3. The van der Waals surface area contributed by atoms with Gasteiger partial charge in [0.25, 0.3) is 5.91 Å². The van der Waals surface area contributed by atoms with Crippen molar-refractivity contribution in [3.8, 4) is 17.2 Å². The number of ether oxygens (including phenoxy) is 3. The molecule has 0 aromatic heterocycles. The average Bonchev–Trinajstić information content (AvgIpc) is 2.65. The van der Waals surface area contributed by atoms with Crippen LogP contribution in [-0.2, 0) is 4.79 Å². The van der Waals surface area contributed by atoms with Crippen molar-refractivity contribution >= 4 is 39.7 Å². The number of methoxy groups -OCH3 is 1. The summed E-state index contributed by atoms with van der Waals surface area (Å²) in [5.41, 5.74) is 4.05. The van der Waals surface area contributed by atoms with Gasteiger partial charge in [0.15, 0.2) is 17.6 Å². The first kappa shape index (κ1) is 22.0. The SMILES string of the molecule is CCOc1c(Br)cc(C=NNC(=O)[C@@H](C)Oc2ccc(Cl)cc2C)cc1OC. The molecule has 0 spiro atoms. The number of halogens is 2. The fourth-order valence-electron chi connectivity index (χ4n) is 2.35. The van der Waals surface area contributed by atoms with Crippen molar-refractivity contribution < 1.29 is 19.0 Å². The van der Waals surface area contributed by atoms with Crippen LogP contribution in [0.25, 0.3) is 0 Å². The quantitative estimate of drug-likeness (QED) is 0.448. The van der Waals surface area contributed by atoms with E-state index in [2.05, 4.69) is 26.5 Å². The molecule has 1 amide bonds. The van der Waals surface area contributed by atoms with E-state index in [9.17, 15) is 4.79 Å². The van der Waals surface area contributed by atoms with Crippen molar-refractivity contribution in [2.24, 2.45) is 5.10 Å². The standard InChI is InChI=1S/C20H22BrClN2O4/c1-5-27-19-16(21)9-14(10-18(19)26-4)11-23-24-20(25)13(3)28-17-7-6-15(22)8-12(17)2/h6-11,13H,5H2,1-4H3,(H,24,25)/t13-/m1/s1. The maximum absolute atomic E-state index is 12.2. The van der Waals surface area contributed by atoms with Gasteiger partial charge in [-0.2, -0.15) is 5.10 Å². The third-order valence-electron chi connectivity index (χ3n) is 3.74. The highest BCUT2D eigenvalue weighted by Gasteiger charge is 2.15. The van der Waals surface area contributed by atoms with Gasteiger partial charge in [-0.05, 0) is 78.2 Å². The minimum absolute atomic E-state index is 0.373. The molecule has 0 aliphatic heterocycles. The van der Waals surface area contributed by atoms with Crippen molar-refractivity contribution in [1.82, 2.24) is 5.43 Å². The van der Waals surface area contributed by atoms with Crippen molar-refractivity contribution in [1.29, 1.82) is 0 Å². The number of aryl methyl sites for hydroxylation is 1. The van der Waals surface area contributed by atoms with E-state index in [0.717, 1.165) is 15.6 Å². The van der Waals surface area contributed by atoms with Crippen molar-refractivity contribution in [2.45, 2.75) is 26.9 Å². The Morgan fingerprint density at radius 1 is 1.32 bits per heavy atom. The fourth-order valence-corrected chi connectivity index (χ4v) is 3.15. The van der Waals surface area contributed by atoms with Gasteiger partial charge in [-0.1, -0.05) is 11.6 Å². The van der Waals surface area contributed by atoms with Gasteiger partial charge in [0, 0.05) is 5.02 Å². The summed E-state index contributed by atoms with van der Waals surface area (Å²) in [5.74, 6) is 1.41. The van der Waals surface area contributed by atoms with Crippen LogP contribution in [0, 0.1) is 6.92 Å². The van der Waals surface area contributed by atoms with Crippen LogP contribution >= 0.6 is 27.5 Å². The lowest BCUT2D eigenvalue weighted by Gasteiger charge is -2.15. The lowest BCUT2D eigenvalue weighted by Crippen LogP contribution is -2.33. The van der Waals surface area contributed by atoms with Gasteiger partial charge in [-0.15, -0.1) is 0 Å². The Bertz CT molecular complexity index is 874. The van der Waals surface area contributed by atoms with Crippen LogP contribution in [-0.4, -0.2) is 31.9 Å². The van der Waals surface area contributed by atoms with E-state index < -0.39 is 6.10 Å². The van der Waals surface area contributed by atoms with Gasteiger partial charge in [0.1, 0.15) is 5.75 Å². The molecule has 0 bridgehead atoms. The Morgan fingerprint density at radius 3 is 2.71 bits per heavy atom. The molecule has 28 heavy (non-hydrogen) atoms. The number of hydrazone groups is 1. The van der Waals surface area contributed by atoms with Crippen molar-refractivity contribution in [2.75, 3.05) is 13.7 Å². The molecule has 2 aromatic carbocycles. The van der Waals surface area contributed by atoms with Crippen LogP contribution in [0.5, 0.6) is 17.2 Å². The number of carbonyl (C=O) groups excluding carboxylic acids is 1. The lowest BCUT2D eigenvalue weighted by atomic mass is 10.2. The number of carbonyl (C=O) groups is 1. The zero-order valence-corrected chi connectivity index (χ0v) is 18.4. The van der Waals surface area contributed by atoms with Gasteiger partial charge >= 0.3 is 0 Å². The molecule has 2 rings (SSSR count).